The van der Waals surface area contributed by atoms with E-state index in [0.717, 1.165) is 82.4 Å². The van der Waals surface area contributed by atoms with Crippen LogP contribution in [0.15, 0.2) is 78.9 Å². The van der Waals surface area contributed by atoms with Crippen molar-refractivity contribution < 1.29 is 33.8 Å². The van der Waals surface area contributed by atoms with Crippen LogP contribution in [0.25, 0.3) is 32.2 Å². The number of benzene rings is 3. The van der Waals surface area contributed by atoms with Gasteiger partial charge in [-0.15, -0.1) is 0 Å². The van der Waals surface area contributed by atoms with E-state index >= 15 is 0 Å². The van der Waals surface area contributed by atoms with Crippen molar-refractivity contribution in [2.24, 2.45) is 24.8 Å². The van der Waals surface area contributed by atoms with E-state index in [-0.39, 0.29) is 35.7 Å². The number of piperidine rings is 2. The van der Waals surface area contributed by atoms with Crippen LogP contribution in [-0.4, -0.2) is 92.1 Å². The van der Waals surface area contributed by atoms with Gasteiger partial charge in [0.1, 0.15) is 17.1 Å². The number of aromatic nitrogens is 4. The second kappa shape index (κ2) is 19.5. The van der Waals surface area contributed by atoms with Gasteiger partial charge in [0.15, 0.2) is 10.8 Å². The summed E-state index contributed by atoms with van der Waals surface area (Å²) < 4.78 is 9.07. The average molecular weight is 984 g/mol. The van der Waals surface area contributed by atoms with Gasteiger partial charge in [0, 0.05) is 48.8 Å². The zero-order valence-electron chi connectivity index (χ0n) is 40.0. The number of hydrogen-bond donors (Lipinski definition) is 4. The van der Waals surface area contributed by atoms with Crippen molar-refractivity contribution in [2.45, 2.75) is 64.3 Å². The summed E-state index contributed by atoms with van der Waals surface area (Å²) in [6.45, 7) is 5.59. The van der Waals surface area contributed by atoms with Gasteiger partial charge in [0.25, 0.3) is 5.91 Å². The Kier molecular flexibility index (Phi) is 12.6. The van der Waals surface area contributed by atoms with Crippen LogP contribution in [0.1, 0.15) is 87.7 Å². The molecule has 0 radical (unpaired) electrons. The smallest absolute Gasteiger partial charge is 0.355 e. The van der Waals surface area contributed by atoms with Gasteiger partial charge in [0.05, 0.1) is 35.0 Å². The summed E-state index contributed by atoms with van der Waals surface area (Å²) in [5.41, 5.74) is 7.30. The number of carbonyl (C=O) groups excluding carboxylic acids is 4. The maximum absolute atomic E-state index is 13.6. The minimum absolute atomic E-state index is 0.0468. The molecule has 11 rings (SSSR count). The van der Waals surface area contributed by atoms with Gasteiger partial charge >= 0.3 is 5.97 Å². The van der Waals surface area contributed by atoms with Crippen LogP contribution in [0, 0.1) is 36.8 Å². The third-order valence-corrected chi connectivity index (χ3v) is 15.8. The Labute approximate surface area is 419 Å². The molecule has 2 saturated heterocycles. The van der Waals surface area contributed by atoms with E-state index < -0.39 is 11.9 Å². The molecule has 3 aromatic heterocycles. The van der Waals surface area contributed by atoms with Crippen molar-refractivity contribution >= 4 is 78.7 Å². The number of carbonyl (C=O) groups is 5. The van der Waals surface area contributed by atoms with Crippen LogP contribution >= 0.6 is 11.3 Å². The predicted molar refractivity (Wildman–Crippen MR) is 273 cm³/mol. The summed E-state index contributed by atoms with van der Waals surface area (Å²) in [7, 11) is 1.81. The minimum Gasteiger partial charge on any atom is -0.493 e. The third-order valence-electron chi connectivity index (χ3n) is 14.8. The molecule has 3 fully saturated rings. The second-order valence-electron chi connectivity index (χ2n) is 19.5. The fourth-order valence-corrected chi connectivity index (χ4v) is 11.6. The summed E-state index contributed by atoms with van der Waals surface area (Å²) >= 11 is 1.38. The van der Waals surface area contributed by atoms with Crippen molar-refractivity contribution in [2.75, 3.05) is 48.3 Å². The monoisotopic (exact) mass is 983 g/mol. The lowest BCUT2D eigenvalue weighted by Crippen LogP contribution is -2.39. The largest absolute Gasteiger partial charge is 0.493 e. The number of pyridine rings is 1. The van der Waals surface area contributed by atoms with Gasteiger partial charge < -0.3 is 20.1 Å². The lowest BCUT2D eigenvalue weighted by Gasteiger charge is -2.31. The van der Waals surface area contributed by atoms with Crippen LogP contribution in [0.3, 0.4) is 0 Å². The highest BCUT2D eigenvalue weighted by atomic mass is 32.1. The van der Waals surface area contributed by atoms with E-state index in [1.54, 1.807) is 16.8 Å². The zero-order valence-corrected chi connectivity index (χ0v) is 40.8. The first-order chi connectivity index (χ1) is 34.9. The van der Waals surface area contributed by atoms with Gasteiger partial charge in [-0.2, -0.15) is 5.10 Å². The number of nitrogens with zero attached hydrogens (tertiary/aromatic N) is 6. The molecule has 4 N–H and O–H groups in total. The van der Waals surface area contributed by atoms with E-state index in [1.807, 2.05) is 85.6 Å². The average Bonchev–Trinajstić information content (AvgIpc) is 3.85. The van der Waals surface area contributed by atoms with Crippen molar-refractivity contribution in [1.82, 2.24) is 30.0 Å². The number of hydrogen-bond acceptors (Lipinski definition) is 12. The Hall–Kier alpha value is -7.68. The number of anilines is 3. The van der Waals surface area contributed by atoms with Crippen LogP contribution in [-0.2, 0) is 34.4 Å². The fourth-order valence-electron chi connectivity index (χ4n) is 10.8. The van der Waals surface area contributed by atoms with Crippen LogP contribution < -0.4 is 25.6 Å². The van der Waals surface area contributed by atoms with Gasteiger partial charge in [-0.1, -0.05) is 41.7 Å². The topological polar surface area (TPSA) is 201 Å². The van der Waals surface area contributed by atoms with E-state index in [2.05, 4.69) is 43.1 Å². The summed E-state index contributed by atoms with van der Waals surface area (Å²) in [6, 6.07) is 30.3. The molecule has 366 valence electrons. The summed E-state index contributed by atoms with van der Waals surface area (Å²) in [5.74, 6) is 0.345. The molecule has 4 aliphatic rings. The Balaban J connectivity index is 0.663. The number of aromatic carboxylic acids is 1. The number of nitrogens with one attached hydrogen (secondary N) is 3. The van der Waals surface area contributed by atoms with Gasteiger partial charge in [-0.05, 0) is 159 Å². The normalized spacial score (nSPS) is 19.1. The highest BCUT2D eigenvalue weighted by Gasteiger charge is 2.40. The van der Waals surface area contributed by atoms with Crippen LogP contribution in [0.4, 0.5) is 16.6 Å². The number of rotatable bonds is 14. The number of imide groups is 1. The molecule has 7 aromatic rings. The summed E-state index contributed by atoms with van der Waals surface area (Å²) in [5, 5.41) is 24.8. The number of aryl methyl sites for hydroxylation is 1. The quantitative estimate of drug-likeness (QED) is 0.0768. The summed E-state index contributed by atoms with van der Waals surface area (Å²) in [6.07, 6.45) is 5.69. The first-order valence-corrected chi connectivity index (χ1v) is 25.4. The number of thiazole rings is 1. The number of ether oxygens (including phenoxy) is 1. The number of carboxylic acids is 1. The molecular formula is C55H53N9O7S. The molecule has 4 aromatic carbocycles. The molecule has 72 heavy (non-hydrogen) atoms. The summed E-state index contributed by atoms with van der Waals surface area (Å²) in [4.78, 5) is 77.3. The number of fused-ring (bicyclic) bond motifs is 3. The molecule has 0 bridgehead atoms. The highest BCUT2D eigenvalue weighted by molar-refractivity contribution is 7.22. The number of likely N-dealkylation sites (tertiary alicyclic amines) is 1. The van der Waals surface area contributed by atoms with Gasteiger partial charge in [-0.25, -0.2) is 14.8 Å². The maximum atomic E-state index is 13.6. The predicted octanol–water partition coefficient (Wildman–Crippen LogP) is 7.94. The molecule has 1 unspecified atom stereocenters. The molecule has 4 amide bonds. The zero-order chi connectivity index (χ0) is 49.6. The fraction of sp³-hybridized carbons (Fsp3) is 0.345. The molecule has 16 nitrogen and oxygen atoms in total. The van der Waals surface area contributed by atoms with Crippen LogP contribution in [0.2, 0.25) is 0 Å². The third kappa shape index (κ3) is 9.59. The van der Waals surface area contributed by atoms with E-state index in [4.69, 9.17) is 9.72 Å². The van der Waals surface area contributed by atoms with E-state index in [9.17, 15) is 29.1 Å². The standard InChI is InChI=1S/C55H53N9O7S/c1-31-37(38-15-17-47(58-51(38)54(69)70)64-24-21-33-7-5-9-39(42(33)28-64)52(67)60-55-57-43-10-3-4-12-46(43)72-55)8-6-11-45(31)71-30-35-26-34(35)25-32-19-22-63(23-20-32)29-49(66)56-36-13-14-40-44(27-36)62(2)61-50(40)41-16-18-48(65)59-53(41)68/h4-9,11-15,17,27,32,34-35,41H,16,18-26,28-30H2,1-2H3,(H,56,66)(H,69,70)(H,57,60,67)(H,59,65,68)/t34-,35-,41?/m1/s1. The van der Waals surface area contributed by atoms with E-state index in [0.29, 0.717) is 95.8 Å². The number of amides is 4. The van der Waals surface area contributed by atoms with Gasteiger partial charge in [0.2, 0.25) is 17.7 Å². The molecule has 1 aliphatic carbocycles. The first-order valence-electron chi connectivity index (χ1n) is 24.6. The van der Waals surface area contributed by atoms with Crippen LogP contribution in [0.5, 0.6) is 5.75 Å². The Morgan fingerprint density at radius 3 is 2.60 bits per heavy atom. The second-order valence-corrected chi connectivity index (χ2v) is 20.5. The molecule has 3 aliphatic heterocycles. The lowest BCUT2D eigenvalue weighted by atomic mass is 9.91. The molecule has 3 atom stereocenters. The molecule has 0 spiro atoms. The Morgan fingerprint density at radius 1 is 0.931 bits per heavy atom. The van der Waals surface area contributed by atoms with E-state index in [1.165, 1.54) is 11.3 Å². The van der Waals surface area contributed by atoms with Crippen molar-refractivity contribution in [1.29, 1.82) is 0 Å². The molecule has 6 heterocycles. The number of carboxylic acid groups (broad SMARTS) is 1. The molecular weight excluding hydrogens is 931 g/mol. The van der Waals surface area contributed by atoms with Crippen molar-refractivity contribution in [3.63, 3.8) is 0 Å². The Morgan fingerprint density at radius 2 is 1.78 bits per heavy atom. The van der Waals surface area contributed by atoms with Crippen molar-refractivity contribution in [3.05, 3.63) is 125 Å². The highest BCUT2D eigenvalue weighted by Crippen LogP contribution is 2.46. The lowest BCUT2D eigenvalue weighted by molar-refractivity contribution is -0.134. The van der Waals surface area contributed by atoms with Crippen molar-refractivity contribution in [3.8, 4) is 16.9 Å². The minimum atomic E-state index is -1.13. The molecule has 1 saturated carbocycles. The Bertz CT molecular complexity index is 3270. The van der Waals surface area contributed by atoms with Gasteiger partial charge in [-0.3, -0.25) is 39.4 Å². The SMILES string of the molecule is Cc1c(OC[C@H]2C[C@H]2CC2CCN(CC(=O)Nc3ccc4c(C5CCC(=O)NC5=O)nn(C)c4c3)CC2)cccc1-c1ccc(N2CCc3cccc(C(=O)Nc4nc5c#cccc5s4)c3C2)nc1C(=O)O. The molecule has 17 heteroatoms. The maximum Gasteiger partial charge on any atom is 0.355 e. The first kappa shape index (κ1) is 46.7.